The standard InChI is InChI=1S/C11H13ClN4O2S/c1-6-7(2)14-15-11(6)16-19(17,18)10-5-8(13)3-4-9(10)12/h3-5H,13H2,1-2H3,(H2,14,15,16). The van der Waals surface area contributed by atoms with Gasteiger partial charge in [-0.05, 0) is 32.0 Å². The summed E-state index contributed by atoms with van der Waals surface area (Å²) in [5.74, 6) is 0.246. The van der Waals surface area contributed by atoms with Crippen LogP contribution in [0.5, 0.6) is 0 Å². The fourth-order valence-corrected chi connectivity index (χ4v) is 3.09. The summed E-state index contributed by atoms with van der Waals surface area (Å²) in [5, 5.41) is 6.69. The topological polar surface area (TPSA) is 101 Å². The Balaban J connectivity index is 2.43. The van der Waals surface area contributed by atoms with Crippen LogP contribution in [0.1, 0.15) is 11.3 Å². The largest absolute Gasteiger partial charge is 0.399 e. The summed E-state index contributed by atoms with van der Waals surface area (Å²) in [7, 11) is -3.82. The van der Waals surface area contributed by atoms with Crippen LogP contribution in [0.3, 0.4) is 0 Å². The minimum Gasteiger partial charge on any atom is -0.399 e. The van der Waals surface area contributed by atoms with Crippen LogP contribution in [0.15, 0.2) is 23.1 Å². The molecule has 8 heteroatoms. The molecule has 0 unspecified atom stereocenters. The van der Waals surface area contributed by atoms with E-state index in [1.54, 1.807) is 13.8 Å². The maximum absolute atomic E-state index is 12.2. The molecule has 4 N–H and O–H groups in total. The van der Waals surface area contributed by atoms with Gasteiger partial charge in [0.1, 0.15) is 4.90 Å². The zero-order chi connectivity index (χ0) is 14.2. The van der Waals surface area contributed by atoms with Crippen molar-refractivity contribution in [2.45, 2.75) is 18.7 Å². The van der Waals surface area contributed by atoms with Crippen LogP contribution in [-0.4, -0.2) is 18.6 Å². The summed E-state index contributed by atoms with van der Waals surface area (Å²) in [5.41, 5.74) is 7.41. The van der Waals surface area contributed by atoms with E-state index >= 15 is 0 Å². The number of sulfonamides is 1. The number of aromatic nitrogens is 2. The molecule has 0 saturated heterocycles. The number of nitrogens with zero attached hydrogens (tertiary/aromatic N) is 1. The van der Waals surface area contributed by atoms with Crippen molar-refractivity contribution < 1.29 is 8.42 Å². The lowest BCUT2D eigenvalue weighted by molar-refractivity contribution is 0.601. The van der Waals surface area contributed by atoms with Crippen molar-refractivity contribution >= 4 is 33.1 Å². The molecule has 2 rings (SSSR count). The second-order valence-electron chi connectivity index (χ2n) is 4.12. The van der Waals surface area contributed by atoms with Gasteiger partial charge in [-0.2, -0.15) is 5.10 Å². The molecule has 1 aromatic heterocycles. The summed E-state index contributed by atoms with van der Waals surface area (Å²) >= 11 is 5.89. The Kier molecular flexibility index (Phi) is 3.42. The summed E-state index contributed by atoms with van der Waals surface area (Å²) < 4.78 is 26.8. The molecule has 0 amide bonds. The number of aromatic amines is 1. The second-order valence-corrected chi connectivity index (χ2v) is 6.18. The lowest BCUT2D eigenvalue weighted by Crippen LogP contribution is -2.14. The quantitative estimate of drug-likeness (QED) is 0.755. The number of nitrogens with two attached hydrogens (primary N) is 1. The molecule has 1 heterocycles. The zero-order valence-electron chi connectivity index (χ0n) is 10.4. The summed E-state index contributed by atoms with van der Waals surface area (Å²) in [6, 6.07) is 4.28. The van der Waals surface area contributed by atoms with Crippen LogP contribution < -0.4 is 10.5 Å². The van der Waals surface area contributed by atoms with Crippen molar-refractivity contribution in [1.29, 1.82) is 0 Å². The second kappa shape index (κ2) is 4.75. The van der Waals surface area contributed by atoms with E-state index in [-0.39, 0.29) is 15.7 Å². The average Bonchev–Trinajstić information content (AvgIpc) is 2.63. The molecule has 0 aliphatic carbocycles. The minimum atomic E-state index is -3.82. The van der Waals surface area contributed by atoms with Gasteiger partial charge in [-0.3, -0.25) is 9.82 Å². The van der Waals surface area contributed by atoms with Crippen LogP contribution in [-0.2, 0) is 10.0 Å². The van der Waals surface area contributed by atoms with E-state index in [1.807, 2.05) is 0 Å². The Morgan fingerprint density at radius 2 is 2.05 bits per heavy atom. The molecule has 0 spiro atoms. The molecule has 0 aliphatic rings. The highest BCUT2D eigenvalue weighted by Gasteiger charge is 2.20. The van der Waals surface area contributed by atoms with Gasteiger partial charge >= 0.3 is 0 Å². The minimum absolute atomic E-state index is 0.0748. The number of anilines is 2. The van der Waals surface area contributed by atoms with Gasteiger partial charge in [0.15, 0.2) is 5.82 Å². The molecule has 0 bridgehead atoms. The number of rotatable bonds is 3. The van der Waals surface area contributed by atoms with E-state index in [0.717, 1.165) is 11.3 Å². The maximum Gasteiger partial charge on any atom is 0.264 e. The highest BCUT2D eigenvalue weighted by atomic mass is 35.5. The number of nitrogen functional groups attached to an aromatic ring is 1. The number of hydrogen-bond donors (Lipinski definition) is 3. The van der Waals surface area contributed by atoms with Crippen LogP contribution in [0.4, 0.5) is 11.5 Å². The number of hydrogen-bond acceptors (Lipinski definition) is 4. The van der Waals surface area contributed by atoms with Gasteiger partial charge in [-0.15, -0.1) is 0 Å². The van der Waals surface area contributed by atoms with E-state index in [1.165, 1.54) is 18.2 Å². The predicted molar refractivity (Wildman–Crippen MR) is 74.7 cm³/mol. The molecule has 2 aromatic rings. The molecule has 0 radical (unpaired) electrons. The fraction of sp³-hybridized carbons (Fsp3) is 0.182. The summed E-state index contributed by atoms with van der Waals surface area (Å²) in [6.45, 7) is 3.56. The molecule has 6 nitrogen and oxygen atoms in total. The first-order valence-corrected chi connectivity index (χ1v) is 7.27. The molecular weight excluding hydrogens is 288 g/mol. The number of halogens is 1. The molecule has 0 fully saturated rings. The number of benzene rings is 1. The van der Waals surface area contributed by atoms with Crippen LogP contribution in [0.25, 0.3) is 0 Å². The van der Waals surface area contributed by atoms with Crippen molar-refractivity contribution in [1.82, 2.24) is 10.2 Å². The van der Waals surface area contributed by atoms with Crippen LogP contribution in [0.2, 0.25) is 5.02 Å². The van der Waals surface area contributed by atoms with Gasteiger partial charge in [-0.25, -0.2) is 8.42 Å². The summed E-state index contributed by atoms with van der Waals surface area (Å²) in [6.07, 6.45) is 0. The first-order valence-electron chi connectivity index (χ1n) is 5.40. The number of nitrogens with one attached hydrogen (secondary N) is 2. The fourth-order valence-electron chi connectivity index (χ4n) is 1.49. The van der Waals surface area contributed by atoms with E-state index in [9.17, 15) is 8.42 Å². The van der Waals surface area contributed by atoms with Gasteiger partial charge in [0.05, 0.1) is 5.02 Å². The monoisotopic (exact) mass is 300 g/mol. The molecule has 0 atom stereocenters. The Labute approximate surface area is 116 Å². The number of H-pyrrole nitrogens is 1. The van der Waals surface area contributed by atoms with E-state index in [0.29, 0.717) is 5.69 Å². The zero-order valence-corrected chi connectivity index (χ0v) is 11.9. The molecule has 0 aliphatic heterocycles. The lowest BCUT2D eigenvalue weighted by Gasteiger charge is -2.08. The molecular formula is C11H13ClN4O2S. The Bertz CT molecular complexity index is 724. The van der Waals surface area contributed by atoms with Crippen molar-refractivity contribution in [2.75, 3.05) is 10.5 Å². The van der Waals surface area contributed by atoms with Crippen molar-refractivity contribution in [3.63, 3.8) is 0 Å². The normalized spacial score (nSPS) is 11.5. The Morgan fingerprint density at radius 1 is 1.37 bits per heavy atom. The average molecular weight is 301 g/mol. The third-order valence-electron chi connectivity index (χ3n) is 2.73. The molecule has 102 valence electrons. The van der Waals surface area contributed by atoms with E-state index in [2.05, 4.69) is 14.9 Å². The molecule has 19 heavy (non-hydrogen) atoms. The van der Waals surface area contributed by atoms with Gasteiger partial charge in [0, 0.05) is 16.9 Å². The first kappa shape index (κ1) is 13.7. The number of aryl methyl sites for hydroxylation is 1. The van der Waals surface area contributed by atoms with Gasteiger partial charge < -0.3 is 5.73 Å². The first-order chi connectivity index (χ1) is 8.81. The SMILES string of the molecule is Cc1[nH]nc(NS(=O)(=O)c2cc(N)ccc2Cl)c1C. The Hall–Kier alpha value is -1.73. The van der Waals surface area contributed by atoms with Crippen molar-refractivity contribution in [3.05, 3.63) is 34.5 Å². The third-order valence-corrected chi connectivity index (χ3v) is 4.55. The smallest absolute Gasteiger partial charge is 0.264 e. The van der Waals surface area contributed by atoms with Crippen molar-refractivity contribution in [3.8, 4) is 0 Å². The Morgan fingerprint density at radius 3 is 2.63 bits per heavy atom. The molecule has 0 saturated carbocycles. The van der Waals surface area contributed by atoms with Crippen LogP contribution in [0, 0.1) is 13.8 Å². The van der Waals surface area contributed by atoms with Crippen molar-refractivity contribution in [2.24, 2.45) is 0 Å². The predicted octanol–water partition coefficient (Wildman–Crippen LogP) is 2.06. The maximum atomic E-state index is 12.2. The van der Waals surface area contributed by atoms with Gasteiger partial charge in [0.2, 0.25) is 0 Å². The van der Waals surface area contributed by atoms with Gasteiger partial charge in [0.25, 0.3) is 10.0 Å². The highest BCUT2D eigenvalue weighted by Crippen LogP contribution is 2.26. The van der Waals surface area contributed by atoms with Gasteiger partial charge in [-0.1, -0.05) is 11.6 Å². The van der Waals surface area contributed by atoms with E-state index in [4.69, 9.17) is 17.3 Å². The summed E-state index contributed by atoms with van der Waals surface area (Å²) in [4.78, 5) is -0.0748. The third kappa shape index (κ3) is 2.66. The van der Waals surface area contributed by atoms with E-state index < -0.39 is 10.0 Å². The molecule has 1 aromatic carbocycles. The highest BCUT2D eigenvalue weighted by molar-refractivity contribution is 7.92. The lowest BCUT2D eigenvalue weighted by atomic mass is 10.3. The van der Waals surface area contributed by atoms with Crippen LogP contribution >= 0.6 is 11.6 Å².